The quantitative estimate of drug-likeness (QED) is 0.869. The molecule has 3 rings (SSSR count). The normalized spacial score (nSPS) is 13.6. The zero-order chi connectivity index (χ0) is 18.5. The van der Waals surface area contributed by atoms with Gasteiger partial charge in [0, 0.05) is 37.0 Å². The molecule has 0 atom stereocenters. The predicted octanol–water partition coefficient (Wildman–Crippen LogP) is 2.95. The standard InChI is InChI=1S/C20H21N3O3/c1-14(24)21-16-9-7-15(8-10-16)12-19(25)22-17-4-2-5-18(13-17)23-11-3-6-20(23)26/h2,4-5,7-10,13H,3,6,11-12H2,1H3,(H,21,24)(H,22,25). The van der Waals surface area contributed by atoms with Crippen LogP contribution in [0.25, 0.3) is 0 Å². The topological polar surface area (TPSA) is 78.5 Å². The van der Waals surface area contributed by atoms with E-state index in [9.17, 15) is 14.4 Å². The highest BCUT2D eigenvalue weighted by molar-refractivity contribution is 5.97. The number of carbonyl (C=O) groups is 3. The molecule has 1 aliphatic rings. The van der Waals surface area contributed by atoms with Crippen LogP contribution in [0.15, 0.2) is 48.5 Å². The van der Waals surface area contributed by atoms with Crippen molar-refractivity contribution in [2.24, 2.45) is 0 Å². The molecule has 0 bridgehead atoms. The van der Waals surface area contributed by atoms with Crippen molar-refractivity contribution in [1.82, 2.24) is 0 Å². The fourth-order valence-corrected chi connectivity index (χ4v) is 2.97. The van der Waals surface area contributed by atoms with E-state index in [1.165, 1.54) is 6.92 Å². The Morgan fingerprint density at radius 2 is 1.81 bits per heavy atom. The van der Waals surface area contributed by atoms with Crippen molar-refractivity contribution in [2.75, 3.05) is 22.1 Å². The lowest BCUT2D eigenvalue weighted by atomic mass is 10.1. The molecule has 0 radical (unpaired) electrons. The second-order valence-electron chi connectivity index (χ2n) is 6.30. The van der Waals surface area contributed by atoms with Gasteiger partial charge in [-0.3, -0.25) is 14.4 Å². The first-order valence-corrected chi connectivity index (χ1v) is 8.58. The van der Waals surface area contributed by atoms with Gasteiger partial charge in [-0.15, -0.1) is 0 Å². The molecular weight excluding hydrogens is 330 g/mol. The summed E-state index contributed by atoms with van der Waals surface area (Å²) in [6, 6.07) is 14.5. The Kier molecular flexibility index (Phi) is 5.31. The molecule has 6 nitrogen and oxygen atoms in total. The van der Waals surface area contributed by atoms with Crippen molar-refractivity contribution in [1.29, 1.82) is 0 Å². The molecule has 134 valence electrons. The number of hydrogen-bond donors (Lipinski definition) is 2. The number of amides is 3. The highest BCUT2D eigenvalue weighted by Gasteiger charge is 2.21. The second-order valence-corrected chi connectivity index (χ2v) is 6.30. The highest BCUT2D eigenvalue weighted by atomic mass is 16.2. The number of carbonyl (C=O) groups excluding carboxylic acids is 3. The molecule has 1 heterocycles. The maximum atomic E-state index is 12.3. The molecule has 0 unspecified atom stereocenters. The van der Waals surface area contributed by atoms with Gasteiger partial charge in [0.15, 0.2) is 0 Å². The van der Waals surface area contributed by atoms with E-state index in [4.69, 9.17) is 0 Å². The lowest BCUT2D eigenvalue weighted by Crippen LogP contribution is -2.23. The van der Waals surface area contributed by atoms with Gasteiger partial charge >= 0.3 is 0 Å². The minimum Gasteiger partial charge on any atom is -0.326 e. The van der Waals surface area contributed by atoms with Gasteiger partial charge in [0.25, 0.3) is 0 Å². The van der Waals surface area contributed by atoms with Crippen molar-refractivity contribution in [3.8, 4) is 0 Å². The molecule has 0 spiro atoms. The number of anilines is 3. The smallest absolute Gasteiger partial charge is 0.228 e. The molecule has 26 heavy (non-hydrogen) atoms. The molecule has 1 aliphatic heterocycles. The van der Waals surface area contributed by atoms with E-state index < -0.39 is 0 Å². The Labute approximate surface area is 152 Å². The van der Waals surface area contributed by atoms with E-state index in [-0.39, 0.29) is 24.1 Å². The van der Waals surface area contributed by atoms with Crippen molar-refractivity contribution >= 4 is 34.8 Å². The van der Waals surface area contributed by atoms with Crippen LogP contribution in [0.1, 0.15) is 25.3 Å². The molecule has 3 amide bonds. The number of hydrogen-bond acceptors (Lipinski definition) is 3. The van der Waals surface area contributed by atoms with Crippen LogP contribution < -0.4 is 15.5 Å². The maximum Gasteiger partial charge on any atom is 0.228 e. The van der Waals surface area contributed by atoms with Gasteiger partial charge in [-0.1, -0.05) is 18.2 Å². The molecule has 0 saturated carbocycles. The minimum atomic E-state index is -0.137. The van der Waals surface area contributed by atoms with Crippen molar-refractivity contribution < 1.29 is 14.4 Å². The summed E-state index contributed by atoms with van der Waals surface area (Å²) in [5.74, 6) is -0.151. The van der Waals surface area contributed by atoms with Crippen molar-refractivity contribution in [3.05, 3.63) is 54.1 Å². The van der Waals surface area contributed by atoms with E-state index in [1.54, 1.807) is 17.0 Å². The van der Waals surface area contributed by atoms with Gasteiger partial charge in [0.1, 0.15) is 0 Å². The SMILES string of the molecule is CC(=O)Nc1ccc(CC(=O)Nc2cccc(N3CCCC3=O)c2)cc1. The Hall–Kier alpha value is -3.15. The first-order valence-electron chi connectivity index (χ1n) is 8.58. The summed E-state index contributed by atoms with van der Waals surface area (Å²) in [5, 5.41) is 5.56. The maximum absolute atomic E-state index is 12.3. The van der Waals surface area contributed by atoms with E-state index in [1.807, 2.05) is 36.4 Å². The van der Waals surface area contributed by atoms with Gasteiger partial charge in [0.05, 0.1) is 6.42 Å². The van der Waals surface area contributed by atoms with Crippen LogP contribution in [0.5, 0.6) is 0 Å². The van der Waals surface area contributed by atoms with Crippen LogP contribution in [0, 0.1) is 0 Å². The average Bonchev–Trinajstić information content (AvgIpc) is 3.02. The summed E-state index contributed by atoms with van der Waals surface area (Å²) in [4.78, 5) is 36.9. The third-order valence-electron chi connectivity index (χ3n) is 4.15. The van der Waals surface area contributed by atoms with Gasteiger partial charge in [-0.25, -0.2) is 0 Å². The third kappa shape index (κ3) is 4.47. The summed E-state index contributed by atoms with van der Waals surface area (Å²) in [6.45, 7) is 2.17. The van der Waals surface area contributed by atoms with E-state index in [0.717, 1.165) is 24.2 Å². The molecular formula is C20H21N3O3. The van der Waals surface area contributed by atoms with Gasteiger partial charge < -0.3 is 15.5 Å². The van der Waals surface area contributed by atoms with Crippen LogP contribution >= 0.6 is 0 Å². The summed E-state index contributed by atoms with van der Waals surface area (Å²) < 4.78 is 0. The number of rotatable bonds is 5. The van der Waals surface area contributed by atoms with Crippen molar-refractivity contribution in [2.45, 2.75) is 26.2 Å². The monoisotopic (exact) mass is 351 g/mol. The van der Waals surface area contributed by atoms with Crippen LogP contribution in [0.3, 0.4) is 0 Å². The number of nitrogens with zero attached hydrogens (tertiary/aromatic N) is 1. The average molecular weight is 351 g/mol. The molecule has 2 aromatic carbocycles. The predicted molar refractivity (Wildman–Crippen MR) is 101 cm³/mol. The lowest BCUT2D eigenvalue weighted by Gasteiger charge is -2.16. The number of nitrogens with one attached hydrogen (secondary N) is 2. The van der Waals surface area contributed by atoms with E-state index >= 15 is 0 Å². The molecule has 2 N–H and O–H groups in total. The first kappa shape index (κ1) is 17.7. The summed E-state index contributed by atoms with van der Waals surface area (Å²) in [6.07, 6.45) is 1.67. The molecule has 0 aromatic heterocycles. The third-order valence-corrected chi connectivity index (χ3v) is 4.15. The zero-order valence-corrected chi connectivity index (χ0v) is 14.6. The Bertz CT molecular complexity index is 830. The molecule has 0 aliphatic carbocycles. The zero-order valence-electron chi connectivity index (χ0n) is 14.6. The fourth-order valence-electron chi connectivity index (χ4n) is 2.97. The Balaban J connectivity index is 1.61. The summed E-state index contributed by atoms with van der Waals surface area (Å²) >= 11 is 0. The van der Waals surface area contributed by atoms with Crippen LogP contribution in [0.2, 0.25) is 0 Å². The second kappa shape index (κ2) is 7.82. The molecule has 6 heteroatoms. The van der Waals surface area contributed by atoms with E-state index in [2.05, 4.69) is 10.6 Å². The summed E-state index contributed by atoms with van der Waals surface area (Å²) in [5.41, 5.74) is 3.03. The Morgan fingerprint density at radius 3 is 2.46 bits per heavy atom. The minimum absolute atomic E-state index is 0.118. The number of benzene rings is 2. The van der Waals surface area contributed by atoms with Crippen molar-refractivity contribution in [3.63, 3.8) is 0 Å². The largest absolute Gasteiger partial charge is 0.326 e. The first-order chi connectivity index (χ1) is 12.5. The Morgan fingerprint density at radius 1 is 1.04 bits per heavy atom. The van der Waals surface area contributed by atoms with Gasteiger partial charge in [0.2, 0.25) is 17.7 Å². The molecule has 1 saturated heterocycles. The highest BCUT2D eigenvalue weighted by Crippen LogP contribution is 2.24. The van der Waals surface area contributed by atoms with Gasteiger partial charge in [-0.2, -0.15) is 0 Å². The molecule has 1 fully saturated rings. The van der Waals surface area contributed by atoms with Crippen LogP contribution in [-0.4, -0.2) is 24.3 Å². The molecule has 2 aromatic rings. The van der Waals surface area contributed by atoms with Gasteiger partial charge in [-0.05, 0) is 42.3 Å². The van der Waals surface area contributed by atoms with E-state index in [0.29, 0.717) is 17.8 Å². The fraction of sp³-hybridized carbons (Fsp3) is 0.250. The van der Waals surface area contributed by atoms with Crippen LogP contribution in [-0.2, 0) is 20.8 Å². The summed E-state index contributed by atoms with van der Waals surface area (Å²) in [7, 11) is 0. The lowest BCUT2D eigenvalue weighted by molar-refractivity contribution is -0.117. The van der Waals surface area contributed by atoms with Crippen LogP contribution in [0.4, 0.5) is 17.1 Å².